The molecule has 1 heterocycles. The van der Waals surface area contributed by atoms with Crippen molar-refractivity contribution >= 4 is 11.4 Å². The van der Waals surface area contributed by atoms with E-state index < -0.39 is 0 Å². The van der Waals surface area contributed by atoms with E-state index in [1.165, 1.54) is 11.8 Å². The van der Waals surface area contributed by atoms with Crippen molar-refractivity contribution in [2.24, 2.45) is 4.99 Å². The number of rotatable bonds is 3. The normalized spacial score (nSPS) is 13.4. The number of ether oxygens (including phenoxy) is 1. The van der Waals surface area contributed by atoms with E-state index in [-0.39, 0.29) is 0 Å². The van der Waals surface area contributed by atoms with Crippen molar-refractivity contribution in [1.82, 2.24) is 0 Å². The lowest BCUT2D eigenvalue weighted by molar-refractivity contribution is 0.303. The molecule has 0 aromatic heterocycles. The van der Waals surface area contributed by atoms with Crippen molar-refractivity contribution in [2.75, 3.05) is 6.61 Å². The topological polar surface area (TPSA) is 21.6 Å². The Kier molecular flexibility index (Phi) is 2.13. The smallest absolute Gasteiger partial charge is 0.126 e. The minimum absolute atomic E-state index is 0.554. The lowest BCUT2D eigenvalue weighted by Gasteiger charge is -1.97. The van der Waals surface area contributed by atoms with E-state index >= 15 is 0 Å². The summed E-state index contributed by atoms with van der Waals surface area (Å²) in [4.78, 5) is 4.43. The maximum absolute atomic E-state index is 5.08. The maximum Gasteiger partial charge on any atom is 0.126 e. The quantitative estimate of drug-likeness (QED) is 0.643. The Labute approximate surface area is 77.6 Å². The number of hydrogen-bond donors (Lipinski definition) is 0. The largest absolute Gasteiger partial charge is 0.496 e. The lowest BCUT2D eigenvalue weighted by atomic mass is 10.1. The molecule has 0 radical (unpaired) electrons. The Morgan fingerprint density at radius 2 is 2.31 bits per heavy atom. The van der Waals surface area contributed by atoms with Crippen LogP contribution in [0.4, 0.5) is 5.69 Å². The van der Waals surface area contributed by atoms with Crippen LogP contribution in [0.1, 0.15) is 5.56 Å². The predicted octanol–water partition coefficient (Wildman–Crippen LogP) is 2.48. The van der Waals surface area contributed by atoms with Crippen molar-refractivity contribution in [3.05, 3.63) is 42.7 Å². The summed E-state index contributed by atoms with van der Waals surface area (Å²) < 4.78 is 5.08. The summed E-state index contributed by atoms with van der Waals surface area (Å²) in [6.45, 7) is 4.05. The van der Waals surface area contributed by atoms with Gasteiger partial charge in [0.25, 0.3) is 0 Å². The van der Waals surface area contributed by atoms with Gasteiger partial charge in [0.05, 0.1) is 17.7 Å². The SMILES string of the molecule is C=COCC1=Nc2ccccc2C1. The fourth-order valence-corrected chi connectivity index (χ4v) is 1.44. The fourth-order valence-electron chi connectivity index (χ4n) is 1.44. The van der Waals surface area contributed by atoms with Gasteiger partial charge in [-0.15, -0.1) is 0 Å². The van der Waals surface area contributed by atoms with E-state index in [0.29, 0.717) is 6.61 Å². The van der Waals surface area contributed by atoms with Gasteiger partial charge in [-0.05, 0) is 11.6 Å². The third-order valence-corrected chi connectivity index (χ3v) is 2.03. The zero-order valence-corrected chi connectivity index (χ0v) is 7.36. The summed E-state index contributed by atoms with van der Waals surface area (Å²) in [5, 5.41) is 0. The van der Waals surface area contributed by atoms with Gasteiger partial charge in [-0.1, -0.05) is 24.8 Å². The van der Waals surface area contributed by atoms with E-state index in [2.05, 4.69) is 17.6 Å². The maximum atomic E-state index is 5.08. The highest BCUT2D eigenvalue weighted by atomic mass is 16.5. The van der Waals surface area contributed by atoms with Crippen LogP contribution >= 0.6 is 0 Å². The zero-order valence-electron chi connectivity index (χ0n) is 7.36. The summed E-state index contributed by atoms with van der Waals surface area (Å²) in [5.41, 5.74) is 3.43. The first-order chi connectivity index (χ1) is 6.40. The molecule has 1 aromatic carbocycles. The van der Waals surface area contributed by atoms with Crippen LogP contribution in [0.2, 0.25) is 0 Å². The van der Waals surface area contributed by atoms with Crippen molar-refractivity contribution < 1.29 is 4.74 Å². The number of para-hydroxylation sites is 1. The Bertz CT molecular complexity index is 355. The van der Waals surface area contributed by atoms with Crippen molar-refractivity contribution in [1.29, 1.82) is 0 Å². The van der Waals surface area contributed by atoms with Crippen LogP contribution in [0, 0.1) is 0 Å². The Morgan fingerprint density at radius 1 is 1.46 bits per heavy atom. The monoisotopic (exact) mass is 173 g/mol. The van der Waals surface area contributed by atoms with Gasteiger partial charge in [-0.3, -0.25) is 4.99 Å². The van der Waals surface area contributed by atoms with Crippen LogP contribution < -0.4 is 0 Å². The van der Waals surface area contributed by atoms with Crippen molar-refractivity contribution in [2.45, 2.75) is 6.42 Å². The molecule has 13 heavy (non-hydrogen) atoms. The van der Waals surface area contributed by atoms with E-state index in [1.54, 1.807) is 0 Å². The highest BCUT2D eigenvalue weighted by molar-refractivity contribution is 5.94. The molecule has 0 aliphatic carbocycles. The van der Waals surface area contributed by atoms with Gasteiger partial charge < -0.3 is 4.74 Å². The molecule has 1 aliphatic heterocycles. The first kappa shape index (κ1) is 8.05. The molecular weight excluding hydrogens is 162 g/mol. The summed E-state index contributed by atoms with van der Waals surface area (Å²) in [6, 6.07) is 8.15. The third-order valence-electron chi connectivity index (χ3n) is 2.03. The molecule has 0 N–H and O–H groups in total. The fraction of sp³-hybridized carbons (Fsp3) is 0.182. The average Bonchev–Trinajstić information content (AvgIpc) is 2.57. The van der Waals surface area contributed by atoms with Gasteiger partial charge in [0.2, 0.25) is 0 Å². The van der Waals surface area contributed by atoms with Crippen LogP contribution in [-0.4, -0.2) is 12.3 Å². The summed E-state index contributed by atoms with van der Waals surface area (Å²) in [5.74, 6) is 0. The second-order valence-corrected chi connectivity index (χ2v) is 2.96. The summed E-state index contributed by atoms with van der Waals surface area (Å²) in [6.07, 6.45) is 2.36. The van der Waals surface area contributed by atoms with E-state index in [1.807, 2.05) is 18.2 Å². The Hall–Kier alpha value is -1.57. The predicted molar refractivity (Wildman–Crippen MR) is 53.4 cm³/mol. The molecule has 0 spiro atoms. The number of nitrogens with zero attached hydrogens (tertiary/aromatic N) is 1. The Balaban J connectivity index is 2.12. The molecule has 1 aromatic rings. The molecule has 2 heteroatoms. The minimum Gasteiger partial charge on any atom is -0.496 e. The lowest BCUT2D eigenvalue weighted by Crippen LogP contribution is -2.05. The average molecular weight is 173 g/mol. The van der Waals surface area contributed by atoms with E-state index in [4.69, 9.17) is 4.74 Å². The second kappa shape index (κ2) is 3.44. The number of fused-ring (bicyclic) bond motifs is 1. The minimum atomic E-state index is 0.554. The molecule has 0 saturated carbocycles. The van der Waals surface area contributed by atoms with E-state index in [0.717, 1.165) is 17.8 Å². The zero-order chi connectivity index (χ0) is 9.10. The highest BCUT2D eigenvalue weighted by Crippen LogP contribution is 2.25. The van der Waals surface area contributed by atoms with E-state index in [9.17, 15) is 0 Å². The third kappa shape index (κ3) is 1.61. The summed E-state index contributed by atoms with van der Waals surface area (Å²) >= 11 is 0. The van der Waals surface area contributed by atoms with Crippen LogP contribution in [-0.2, 0) is 11.2 Å². The molecule has 0 atom stereocenters. The second-order valence-electron chi connectivity index (χ2n) is 2.96. The van der Waals surface area contributed by atoms with Gasteiger partial charge in [0, 0.05) is 6.42 Å². The van der Waals surface area contributed by atoms with Gasteiger partial charge >= 0.3 is 0 Å². The molecule has 2 rings (SSSR count). The molecule has 1 aliphatic rings. The van der Waals surface area contributed by atoms with Gasteiger partial charge in [0.1, 0.15) is 6.61 Å². The number of hydrogen-bond acceptors (Lipinski definition) is 2. The van der Waals surface area contributed by atoms with Gasteiger partial charge in [-0.25, -0.2) is 0 Å². The molecule has 0 fully saturated rings. The summed E-state index contributed by atoms with van der Waals surface area (Å²) in [7, 11) is 0. The van der Waals surface area contributed by atoms with Gasteiger partial charge in [-0.2, -0.15) is 0 Å². The van der Waals surface area contributed by atoms with Crippen LogP contribution in [0.15, 0.2) is 42.1 Å². The molecular formula is C11H11NO. The van der Waals surface area contributed by atoms with Crippen LogP contribution in [0.5, 0.6) is 0 Å². The molecule has 0 saturated heterocycles. The van der Waals surface area contributed by atoms with Crippen molar-refractivity contribution in [3.63, 3.8) is 0 Å². The highest BCUT2D eigenvalue weighted by Gasteiger charge is 2.12. The van der Waals surface area contributed by atoms with Crippen LogP contribution in [0.3, 0.4) is 0 Å². The molecule has 0 bridgehead atoms. The molecule has 66 valence electrons. The molecule has 2 nitrogen and oxygen atoms in total. The Morgan fingerprint density at radius 3 is 3.08 bits per heavy atom. The van der Waals surface area contributed by atoms with Crippen molar-refractivity contribution in [3.8, 4) is 0 Å². The van der Waals surface area contributed by atoms with Crippen LogP contribution in [0.25, 0.3) is 0 Å². The first-order valence-corrected chi connectivity index (χ1v) is 4.27. The number of benzene rings is 1. The number of aliphatic imine (C=N–C) groups is 1. The standard InChI is InChI=1S/C11H11NO/c1-2-13-8-10-7-9-5-3-4-6-11(9)12-10/h2-6H,1,7-8H2. The van der Waals surface area contributed by atoms with Gasteiger partial charge in [0.15, 0.2) is 0 Å². The first-order valence-electron chi connectivity index (χ1n) is 4.27. The molecule has 0 unspecified atom stereocenters. The molecule has 0 amide bonds.